The van der Waals surface area contributed by atoms with Gasteiger partial charge in [0.25, 0.3) is 0 Å². The molecule has 0 N–H and O–H groups in total. The molecule has 0 saturated carbocycles. The third-order valence-electron chi connectivity index (χ3n) is 4.25. The van der Waals surface area contributed by atoms with Crippen LogP contribution >= 0.6 is 58.0 Å². The molecule has 0 amide bonds. The maximum absolute atomic E-state index is 6.26. The zero-order valence-corrected chi connectivity index (χ0v) is 21.8. The molecule has 10 heteroatoms. The van der Waals surface area contributed by atoms with Crippen molar-refractivity contribution in [3.05, 3.63) is 79.9 Å². The summed E-state index contributed by atoms with van der Waals surface area (Å²) in [5.41, 5.74) is 0.960. The highest BCUT2D eigenvalue weighted by Crippen LogP contribution is 2.37. The van der Waals surface area contributed by atoms with Crippen LogP contribution in [0.3, 0.4) is 0 Å². The van der Waals surface area contributed by atoms with Crippen molar-refractivity contribution in [1.82, 2.24) is 4.98 Å². The number of pyridine rings is 1. The minimum absolute atomic E-state index is 0.119. The first-order chi connectivity index (χ1) is 16.3. The molecule has 0 aliphatic heterocycles. The van der Waals surface area contributed by atoms with Gasteiger partial charge in [0.1, 0.15) is 33.4 Å². The highest BCUT2D eigenvalue weighted by Gasteiger charge is 2.11. The number of rotatable bonds is 11. The van der Waals surface area contributed by atoms with E-state index in [1.165, 1.54) is 6.08 Å². The van der Waals surface area contributed by atoms with Crippen molar-refractivity contribution in [2.75, 3.05) is 19.8 Å². The van der Waals surface area contributed by atoms with E-state index in [-0.39, 0.29) is 11.1 Å². The van der Waals surface area contributed by atoms with Gasteiger partial charge >= 0.3 is 0 Å². The Kier molecular flexibility index (Phi) is 10.3. The van der Waals surface area contributed by atoms with Crippen LogP contribution in [0, 0.1) is 6.92 Å². The van der Waals surface area contributed by atoms with Crippen LogP contribution in [0.4, 0.5) is 0 Å². The SMILES string of the molecule is Cc1cnc(Oc2ccc(OCCCOc3c(Cl)cc(OCC=C(Cl)Cl)cc3Cl)cc2)c(Cl)c1. The molecule has 5 nitrogen and oxygen atoms in total. The highest BCUT2D eigenvalue weighted by atomic mass is 35.5. The fourth-order valence-corrected chi connectivity index (χ4v) is 3.66. The molecular formula is C24H20Cl5NO4. The van der Waals surface area contributed by atoms with Gasteiger partial charge in [-0.05, 0) is 48.9 Å². The number of hydrogen-bond acceptors (Lipinski definition) is 5. The van der Waals surface area contributed by atoms with Crippen molar-refractivity contribution < 1.29 is 18.9 Å². The zero-order chi connectivity index (χ0) is 24.5. The van der Waals surface area contributed by atoms with Crippen LogP contribution in [-0.2, 0) is 0 Å². The number of aryl methyl sites for hydroxylation is 1. The van der Waals surface area contributed by atoms with Crippen LogP contribution in [-0.4, -0.2) is 24.8 Å². The second-order valence-electron chi connectivity index (χ2n) is 6.94. The lowest BCUT2D eigenvalue weighted by Crippen LogP contribution is -2.05. The summed E-state index contributed by atoms with van der Waals surface area (Å²) in [5, 5.41) is 1.13. The number of ether oxygens (including phenoxy) is 4. The van der Waals surface area contributed by atoms with E-state index in [0.29, 0.717) is 63.6 Å². The largest absolute Gasteiger partial charge is 0.493 e. The summed E-state index contributed by atoms with van der Waals surface area (Å²) in [4.78, 5) is 4.19. The molecule has 0 saturated heterocycles. The van der Waals surface area contributed by atoms with Gasteiger partial charge in [-0.25, -0.2) is 4.98 Å². The number of aromatic nitrogens is 1. The standard InChI is InChI=1S/C24H20Cl5NO4/c1-15-11-21(27)24(30-14-15)34-17-5-3-16(4-6-17)31-8-2-9-33-23-19(25)12-18(13-20(23)26)32-10-7-22(28)29/h3-7,11-14H,2,8-10H2,1H3. The Labute approximate surface area is 223 Å². The molecule has 3 aromatic rings. The summed E-state index contributed by atoms with van der Waals surface area (Å²) >= 11 is 29.8. The van der Waals surface area contributed by atoms with E-state index < -0.39 is 0 Å². The Balaban J connectivity index is 1.43. The quantitative estimate of drug-likeness (QED) is 0.219. The van der Waals surface area contributed by atoms with Gasteiger partial charge in [0.2, 0.25) is 5.88 Å². The first kappa shape index (κ1) is 26.6. The average Bonchev–Trinajstić information content (AvgIpc) is 2.78. The molecule has 3 rings (SSSR count). The lowest BCUT2D eigenvalue weighted by molar-refractivity contribution is 0.247. The molecule has 0 aliphatic carbocycles. The molecule has 0 spiro atoms. The van der Waals surface area contributed by atoms with Gasteiger partial charge in [-0.1, -0.05) is 58.0 Å². The molecule has 0 atom stereocenters. The Morgan fingerprint density at radius 1 is 0.824 bits per heavy atom. The Morgan fingerprint density at radius 3 is 2.12 bits per heavy atom. The first-order valence-electron chi connectivity index (χ1n) is 10.1. The van der Waals surface area contributed by atoms with Crippen LogP contribution in [0.15, 0.2) is 59.2 Å². The van der Waals surface area contributed by atoms with Gasteiger partial charge in [0, 0.05) is 24.8 Å². The maximum atomic E-state index is 6.26. The van der Waals surface area contributed by atoms with E-state index >= 15 is 0 Å². The predicted molar refractivity (Wildman–Crippen MR) is 138 cm³/mol. The smallest absolute Gasteiger partial charge is 0.238 e. The number of benzene rings is 2. The van der Waals surface area contributed by atoms with Crippen molar-refractivity contribution in [2.45, 2.75) is 13.3 Å². The second-order valence-corrected chi connectivity index (χ2v) is 9.17. The summed E-state index contributed by atoms with van der Waals surface area (Å²) in [6, 6.07) is 12.2. The molecule has 0 aliphatic rings. The predicted octanol–water partition coefficient (Wildman–Crippen LogP) is 8.69. The Morgan fingerprint density at radius 2 is 1.47 bits per heavy atom. The van der Waals surface area contributed by atoms with Crippen LogP contribution < -0.4 is 18.9 Å². The monoisotopic (exact) mass is 561 g/mol. The van der Waals surface area contributed by atoms with Gasteiger partial charge in [0.15, 0.2) is 5.75 Å². The first-order valence-corrected chi connectivity index (χ1v) is 12.0. The van der Waals surface area contributed by atoms with Crippen molar-refractivity contribution in [3.8, 4) is 28.9 Å². The average molecular weight is 564 g/mol. The van der Waals surface area contributed by atoms with Crippen molar-refractivity contribution in [3.63, 3.8) is 0 Å². The van der Waals surface area contributed by atoms with Crippen molar-refractivity contribution >= 4 is 58.0 Å². The molecule has 34 heavy (non-hydrogen) atoms. The van der Waals surface area contributed by atoms with Crippen LogP contribution in [0.5, 0.6) is 28.9 Å². The van der Waals surface area contributed by atoms with Gasteiger partial charge in [0.05, 0.1) is 23.3 Å². The summed E-state index contributed by atoms with van der Waals surface area (Å²) in [6.07, 6.45) is 3.82. The topological polar surface area (TPSA) is 49.8 Å². The van der Waals surface area contributed by atoms with Crippen LogP contribution in [0.25, 0.3) is 0 Å². The van der Waals surface area contributed by atoms with E-state index in [0.717, 1.165) is 5.56 Å². The number of hydrogen-bond donors (Lipinski definition) is 0. The fourth-order valence-electron chi connectivity index (χ4n) is 2.69. The number of nitrogens with zero attached hydrogens (tertiary/aromatic N) is 1. The van der Waals surface area contributed by atoms with Gasteiger partial charge in [-0.2, -0.15) is 0 Å². The van der Waals surface area contributed by atoms with E-state index in [2.05, 4.69) is 4.98 Å². The summed E-state index contributed by atoms with van der Waals surface area (Å²) in [7, 11) is 0. The third kappa shape index (κ3) is 8.33. The molecular weight excluding hydrogens is 544 g/mol. The molecule has 1 heterocycles. The van der Waals surface area contributed by atoms with Gasteiger partial charge in [-0.15, -0.1) is 0 Å². The van der Waals surface area contributed by atoms with E-state index in [1.807, 2.05) is 6.92 Å². The second kappa shape index (κ2) is 13.2. The molecule has 0 fully saturated rings. The lowest BCUT2D eigenvalue weighted by Gasteiger charge is -2.13. The summed E-state index contributed by atoms with van der Waals surface area (Å²) < 4.78 is 22.8. The molecule has 2 aromatic carbocycles. The Bertz CT molecular complexity index is 1110. The fraction of sp³-hybridized carbons (Fsp3) is 0.208. The zero-order valence-electron chi connectivity index (χ0n) is 18.0. The van der Waals surface area contributed by atoms with Gasteiger partial charge in [-0.3, -0.25) is 0 Å². The van der Waals surface area contributed by atoms with E-state index in [9.17, 15) is 0 Å². The maximum Gasteiger partial charge on any atom is 0.238 e. The number of halogens is 5. The molecule has 0 radical (unpaired) electrons. The minimum atomic E-state index is 0.119. The lowest BCUT2D eigenvalue weighted by atomic mass is 10.3. The highest BCUT2D eigenvalue weighted by molar-refractivity contribution is 6.55. The van der Waals surface area contributed by atoms with Crippen LogP contribution in [0.2, 0.25) is 15.1 Å². The molecule has 0 unspecified atom stereocenters. The van der Waals surface area contributed by atoms with Crippen LogP contribution in [0.1, 0.15) is 12.0 Å². The minimum Gasteiger partial charge on any atom is -0.493 e. The van der Waals surface area contributed by atoms with E-state index in [4.69, 9.17) is 77.0 Å². The normalized spacial score (nSPS) is 10.5. The van der Waals surface area contributed by atoms with E-state index in [1.54, 1.807) is 48.7 Å². The van der Waals surface area contributed by atoms with Crippen molar-refractivity contribution in [2.24, 2.45) is 0 Å². The Hall–Kier alpha value is -2.02. The van der Waals surface area contributed by atoms with Gasteiger partial charge < -0.3 is 18.9 Å². The van der Waals surface area contributed by atoms with Crippen molar-refractivity contribution in [1.29, 1.82) is 0 Å². The molecule has 0 bridgehead atoms. The molecule has 1 aromatic heterocycles. The molecule has 180 valence electrons. The summed E-state index contributed by atoms with van der Waals surface area (Å²) in [5.74, 6) is 2.51. The third-order valence-corrected chi connectivity index (χ3v) is 5.39. The summed E-state index contributed by atoms with van der Waals surface area (Å²) in [6.45, 7) is 2.90.